The number of fused-ring (bicyclic) bond motifs is 1. The molecule has 8 nitrogen and oxygen atoms in total. The number of pyridine rings is 1. The van der Waals surface area contributed by atoms with Crippen LogP contribution in [0.2, 0.25) is 0 Å². The zero-order chi connectivity index (χ0) is 20.3. The summed E-state index contributed by atoms with van der Waals surface area (Å²) < 4.78 is 14.9. The van der Waals surface area contributed by atoms with Gasteiger partial charge in [-0.15, -0.1) is 11.3 Å². The first-order valence-electron chi connectivity index (χ1n) is 9.76. The monoisotopic (exact) mass is 423 g/mol. The van der Waals surface area contributed by atoms with E-state index in [-0.39, 0.29) is 12.0 Å². The first-order valence-corrected chi connectivity index (χ1v) is 10.6. The van der Waals surface area contributed by atoms with E-state index in [1.54, 1.807) is 6.20 Å². The van der Waals surface area contributed by atoms with Gasteiger partial charge in [-0.3, -0.25) is 9.48 Å². The van der Waals surface area contributed by atoms with Crippen LogP contribution in [-0.2, 0) is 22.6 Å². The third-order valence-corrected chi connectivity index (χ3v) is 6.07. The lowest BCUT2D eigenvalue weighted by atomic mass is 10.2. The molecule has 0 aliphatic carbocycles. The molecule has 4 aromatic rings. The standard InChI is InChI=1S/C21H21N5O3S/c27-21(23-10-15-3-5-25-6-4-22-20(25)9-15)19-2-1-18(30-19)16-11-24-26(12-16)13-17-14-28-7-8-29-17/h1-6,9,11-12,17H,7-8,10,13-14H2,(H,23,27). The molecule has 1 fully saturated rings. The van der Waals surface area contributed by atoms with Crippen LogP contribution in [0.4, 0.5) is 0 Å². The van der Waals surface area contributed by atoms with E-state index in [4.69, 9.17) is 9.47 Å². The van der Waals surface area contributed by atoms with Gasteiger partial charge in [-0.1, -0.05) is 0 Å². The molecule has 0 radical (unpaired) electrons. The molecule has 4 aromatic heterocycles. The van der Waals surface area contributed by atoms with Crippen molar-refractivity contribution >= 4 is 22.9 Å². The second kappa shape index (κ2) is 8.39. The van der Waals surface area contributed by atoms with Crippen molar-refractivity contribution in [3.05, 3.63) is 65.7 Å². The Labute approximate surface area is 177 Å². The molecule has 0 aromatic carbocycles. The van der Waals surface area contributed by atoms with Crippen LogP contribution in [0.3, 0.4) is 0 Å². The largest absolute Gasteiger partial charge is 0.376 e. The van der Waals surface area contributed by atoms with Crippen molar-refractivity contribution in [3.8, 4) is 10.4 Å². The predicted octanol–water partition coefficient (Wildman–Crippen LogP) is 2.60. The van der Waals surface area contributed by atoms with Crippen LogP contribution >= 0.6 is 11.3 Å². The van der Waals surface area contributed by atoms with Gasteiger partial charge >= 0.3 is 0 Å². The van der Waals surface area contributed by atoms with Crippen LogP contribution in [-0.4, -0.2) is 51.0 Å². The number of hydrogen-bond donors (Lipinski definition) is 1. The van der Waals surface area contributed by atoms with Crippen LogP contribution in [0.15, 0.2) is 55.2 Å². The van der Waals surface area contributed by atoms with E-state index in [1.165, 1.54) is 11.3 Å². The first-order chi connectivity index (χ1) is 14.7. The van der Waals surface area contributed by atoms with Gasteiger partial charge in [0.15, 0.2) is 0 Å². The Bertz CT molecular complexity index is 1160. The van der Waals surface area contributed by atoms with Crippen molar-refractivity contribution in [3.63, 3.8) is 0 Å². The summed E-state index contributed by atoms with van der Waals surface area (Å²) in [5, 5.41) is 7.40. The topological polar surface area (TPSA) is 82.7 Å². The van der Waals surface area contributed by atoms with Gasteiger partial charge in [-0.2, -0.15) is 5.10 Å². The van der Waals surface area contributed by atoms with E-state index in [0.29, 0.717) is 37.8 Å². The highest BCUT2D eigenvalue weighted by molar-refractivity contribution is 7.17. The van der Waals surface area contributed by atoms with Crippen LogP contribution in [0.5, 0.6) is 0 Å². The smallest absolute Gasteiger partial charge is 0.261 e. The Kier molecular flexibility index (Phi) is 5.31. The molecule has 0 bridgehead atoms. The van der Waals surface area contributed by atoms with Crippen LogP contribution in [0, 0.1) is 0 Å². The summed E-state index contributed by atoms with van der Waals surface area (Å²) in [6.45, 7) is 2.97. The molecular formula is C21H21N5O3S. The molecule has 1 aliphatic heterocycles. The van der Waals surface area contributed by atoms with E-state index < -0.39 is 0 Å². The Balaban J connectivity index is 1.21. The highest BCUT2D eigenvalue weighted by Gasteiger charge is 2.16. The number of carbonyl (C=O) groups is 1. The Hall–Kier alpha value is -3.01. The Morgan fingerprint density at radius 3 is 3.13 bits per heavy atom. The normalized spacial score (nSPS) is 16.7. The van der Waals surface area contributed by atoms with E-state index in [1.807, 2.05) is 58.1 Å². The summed E-state index contributed by atoms with van der Waals surface area (Å²) in [5.74, 6) is -0.0883. The number of carbonyl (C=O) groups excluding carboxylic acids is 1. The molecule has 154 valence electrons. The molecule has 9 heteroatoms. The minimum absolute atomic E-state index is 0.0253. The van der Waals surface area contributed by atoms with Gasteiger partial charge in [-0.05, 0) is 29.8 Å². The van der Waals surface area contributed by atoms with Gasteiger partial charge < -0.3 is 19.2 Å². The van der Waals surface area contributed by atoms with Crippen molar-refractivity contribution in [1.29, 1.82) is 0 Å². The van der Waals surface area contributed by atoms with Crippen molar-refractivity contribution in [2.24, 2.45) is 0 Å². The third-order valence-electron chi connectivity index (χ3n) is 4.94. The number of nitrogens with one attached hydrogen (secondary N) is 1. The van der Waals surface area contributed by atoms with Gasteiger partial charge in [0.05, 0.1) is 37.4 Å². The van der Waals surface area contributed by atoms with E-state index >= 15 is 0 Å². The minimum Gasteiger partial charge on any atom is -0.376 e. The second-order valence-electron chi connectivity index (χ2n) is 7.09. The van der Waals surface area contributed by atoms with Gasteiger partial charge in [0, 0.05) is 41.8 Å². The Morgan fingerprint density at radius 1 is 1.27 bits per heavy atom. The molecule has 1 amide bonds. The zero-order valence-electron chi connectivity index (χ0n) is 16.2. The van der Waals surface area contributed by atoms with Gasteiger partial charge in [0.2, 0.25) is 0 Å². The molecule has 1 atom stereocenters. The number of hydrogen-bond acceptors (Lipinski definition) is 6. The lowest BCUT2D eigenvalue weighted by molar-refractivity contribution is -0.0946. The highest BCUT2D eigenvalue weighted by Crippen LogP contribution is 2.28. The minimum atomic E-state index is -0.0883. The number of ether oxygens (including phenoxy) is 2. The predicted molar refractivity (Wildman–Crippen MR) is 112 cm³/mol. The van der Waals surface area contributed by atoms with Crippen LogP contribution in [0.25, 0.3) is 16.1 Å². The number of nitrogens with zero attached hydrogens (tertiary/aromatic N) is 4. The fourth-order valence-corrected chi connectivity index (χ4v) is 4.29. The molecule has 1 aliphatic rings. The SMILES string of the molecule is O=C(NCc1ccn2ccnc2c1)c1ccc(-c2cnn(CC3COCCO3)c2)s1. The van der Waals surface area contributed by atoms with Crippen molar-refractivity contribution in [2.45, 2.75) is 19.2 Å². The summed E-state index contributed by atoms with van der Waals surface area (Å²) in [5.41, 5.74) is 2.86. The summed E-state index contributed by atoms with van der Waals surface area (Å²) in [7, 11) is 0. The average Bonchev–Trinajstić information content (AvgIpc) is 3.52. The van der Waals surface area contributed by atoms with Crippen molar-refractivity contribution < 1.29 is 14.3 Å². The summed E-state index contributed by atoms with van der Waals surface area (Å²) in [4.78, 5) is 18.5. The number of thiophene rings is 1. The molecule has 1 saturated heterocycles. The number of amides is 1. The second-order valence-corrected chi connectivity index (χ2v) is 8.18. The van der Waals surface area contributed by atoms with Crippen LogP contribution in [0.1, 0.15) is 15.2 Å². The maximum absolute atomic E-state index is 12.6. The van der Waals surface area contributed by atoms with E-state index in [2.05, 4.69) is 15.4 Å². The quantitative estimate of drug-likeness (QED) is 0.516. The third kappa shape index (κ3) is 4.13. The van der Waals surface area contributed by atoms with Gasteiger partial charge in [0.25, 0.3) is 5.91 Å². The number of rotatable bonds is 6. The lowest BCUT2D eigenvalue weighted by Gasteiger charge is -2.22. The highest BCUT2D eigenvalue weighted by atomic mass is 32.1. The molecule has 0 spiro atoms. The zero-order valence-corrected chi connectivity index (χ0v) is 17.0. The van der Waals surface area contributed by atoms with Gasteiger partial charge in [0.1, 0.15) is 11.8 Å². The average molecular weight is 423 g/mol. The molecule has 1 unspecified atom stereocenters. The molecule has 5 rings (SSSR count). The van der Waals surface area contributed by atoms with E-state index in [9.17, 15) is 4.79 Å². The molecule has 0 saturated carbocycles. The van der Waals surface area contributed by atoms with Gasteiger partial charge in [-0.25, -0.2) is 4.98 Å². The van der Waals surface area contributed by atoms with Crippen molar-refractivity contribution in [2.75, 3.05) is 19.8 Å². The molecule has 5 heterocycles. The Morgan fingerprint density at radius 2 is 2.23 bits per heavy atom. The summed E-state index contributed by atoms with van der Waals surface area (Å²) >= 11 is 1.45. The molecule has 30 heavy (non-hydrogen) atoms. The van der Waals surface area contributed by atoms with Crippen LogP contribution < -0.4 is 5.32 Å². The fourth-order valence-electron chi connectivity index (χ4n) is 3.39. The maximum Gasteiger partial charge on any atom is 0.261 e. The number of aromatic nitrogens is 4. The fraction of sp³-hybridized carbons (Fsp3) is 0.286. The first kappa shape index (κ1) is 19.0. The number of imidazole rings is 1. The lowest BCUT2D eigenvalue weighted by Crippen LogP contribution is -2.32. The molecular weight excluding hydrogens is 402 g/mol. The maximum atomic E-state index is 12.6. The summed E-state index contributed by atoms with van der Waals surface area (Å²) in [6.07, 6.45) is 9.40. The van der Waals surface area contributed by atoms with Crippen molar-refractivity contribution in [1.82, 2.24) is 24.5 Å². The van der Waals surface area contributed by atoms with E-state index in [0.717, 1.165) is 21.7 Å². The summed E-state index contributed by atoms with van der Waals surface area (Å²) in [6, 6.07) is 7.75. The molecule has 1 N–H and O–H groups in total.